The van der Waals surface area contributed by atoms with Gasteiger partial charge >= 0.3 is 16.4 Å². The molecular formula is C6H16N2O6S. The lowest BCUT2D eigenvalue weighted by atomic mass is 10.2. The van der Waals surface area contributed by atoms with Crippen LogP contribution in [0.4, 0.5) is 0 Å². The van der Waals surface area contributed by atoms with Crippen molar-refractivity contribution in [2.45, 2.75) is 19.4 Å². The van der Waals surface area contributed by atoms with Gasteiger partial charge < -0.3 is 5.11 Å². The smallest absolute Gasteiger partial charge is 0.394 e. The molecule has 0 aliphatic carbocycles. The van der Waals surface area contributed by atoms with E-state index in [1.54, 1.807) is 5.01 Å². The molecule has 0 spiro atoms. The van der Waals surface area contributed by atoms with Crippen LogP contribution in [0.5, 0.6) is 0 Å². The van der Waals surface area contributed by atoms with Gasteiger partial charge in [-0.3, -0.25) is 24.3 Å². The summed E-state index contributed by atoms with van der Waals surface area (Å²) in [6.45, 7) is 1.83. The molecule has 0 heterocycles. The van der Waals surface area contributed by atoms with Crippen LogP contribution in [0.25, 0.3) is 0 Å². The number of hydrogen-bond acceptors (Lipinski definition) is 5. The first-order valence-electron chi connectivity index (χ1n) is 3.87. The molecule has 1 unspecified atom stereocenters. The number of hydrazine groups is 1. The van der Waals surface area contributed by atoms with Crippen LogP contribution in [0.1, 0.15) is 13.3 Å². The van der Waals surface area contributed by atoms with Crippen LogP contribution in [0, 0.1) is 0 Å². The fraction of sp³-hybridized carbons (Fsp3) is 0.833. The van der Waals surface area contributed by atoms with E-state index in [-0.39, 0.29) is 12.5 Å². The Morgan fingerprint density at radius 2 is 1.73 bits per heavy atom. The Morgan fingerprint density at radius 1 is 1.40 bits per heavy atom. The van der Waals surface area contributed by atoms with Crippen molar-refractivity contribution < 1.29 is 27.4 Å². The first-order chi connectivity index (χ1) is 6.52. The predicted molar refractivity (Wildman–Crippen MR) is 52.7 cm³/mol. The van der Waals surface area contributed by atoms with Gasteiger partial charge in [-0.1, -0.05) is 0 Å². The highest BCUT2D eigenvalue weighted by atomic mass is 32.3. The summed E-state index contributed by atoms with van der Waals surface area (Å²) in [5.41, 5.74) is 2.93. The third-order valence-corrected chi connectivity index (χ3v) is 0.959. The minimum absolute atomic E-state index is 0.00694. The van der Waals surface area contributed by atoms with Crippen LogP contribution in [0.3, 0.4) is 0 Å². The van der Waals surface area contributed by atoms with Gasteiger partial charge in [0.15, 0.2) is 0 Å². The average Bonchev–Trinajstić information content (AvgIpc) is 1.76. The second-order valence-corrected chi connectivity index (χ2v) is 3.87. The molecule has 92 valence electrons. The Balaban J connectivity index is 0. The van der Waals surface area contributed by atoms with Crippen molar-refractivity contribution in [1.82, 2.24) is 10.4 Å². The number of rotatable bonds is 4. The van der Waals surface area contributed by atoms with E-state index in [4.69, 9.17) is 22.6 Å². The maximum absolute atomic E-state index is 10.1. The Hall–Kier alpha value is -0.740. The summed E-state index contributed by atoms with van der Waals surface area (Å²) >= 11 is 0. The molecule has 0 rings (SSSR count). The van der Waals surface area contributed by atoms with E-state index in [1.807, 2.05) is 21.0 Å². The van der Waals surface area contributed by atoms with Gasteiger partial charge in [0.2, 0.25) is 0 Å². The highest BCUT2D eigenvalue weighted by Gasteiger charge is 2.06. The normalized spacial score (nSPS) is 12.9. The van der Waals surface area contributed by atoms with Crippen LogP contribution in [0.15, 0.2) is 0 Å². The Morgan fingerprint density at radius 3 is 1.93 bits per heavy atom. The molecule has 8 nitrogen and oxygen atoms in total. The van der Waals surface area contributed by atoms with E-state index < -0.39 is 16.4 Å². The maximum Gasteiger partial charge on any atom is 0.394 e. The molecule has 1 atom stereocenters. The van der Waals surface area contributed by atoms with Crippen LogP contribution in [0.2, 0.25) is 0 Å². The summed E-state index contributed by atoms with van der Waals surface area (Å²) in [6, 6.07) is -0.00694. The van der Waals surface area contributed by atoms with Crippen LogP contribution < -0.4 is 5.43 Å². The Labute approximate surface area is 88.4 Å². The van der Waals surface area contributed by atoms with Crippen LogP contribution in [-0.4, -0.2) is 53.7 Å². The van der Waals surface area contributed by atoms with Gasteiger partial charge in [0.1, 0.15) is 0 Å². The molecule has 9 heteroatoms. The fourth-order valence-corrected chi connectivity index (χ4v) is 0.748. The van der Waals surface area contributed by atoms with E-state index in [0.717, 1.165) is 0 Å². The van der Waals surface area contributed by atoms with Gasteiger partial charge in [-0.05, 0) is 6.92 Å². The Bertz CT molecular complexity index is 267. The van der Waals surface area contributed by atoms with Crippen LogP contribution in [-0.2, 0) is 15.2 Å². The number of nitrogens with one attached hydrogen (secondary N) is 1. The van der Waals surface area contributed by atoms with Crippen molar-refractivity contribution in [3.63, 3.8) is 0 Å². The van der Waals surface area contributed by atoms with E-state index in [9.17, 15) is 4.79 Å². The largest absolute Gasteiger partial charge is 0.481 e. The van der Waals surface area contributed by atoms with E-state index in [2.05, 4.69) is 5.43 Å². The molecule has 0 saturated carbocycles. The number of carbonyl (C=O) groups is 1. The summed E-state index contributed by atoms with van der Waals surface area (Å²) in [5, 5.41) is 10.1. The SMILES string of the molecule is CC(CC(=O)O)NN(C)C.O=S(=O)(O)O. The van der Waals surface area contributed by atoms with E-state index in [0.29, 0.717) is 0 Å². The zero-order chi connectivity index (χ0) is 12.6. The first kappa shape index (κ1) is 16.7. The lowest BCUT2D eigenvalue weighted by molar-refractivity contribution is -0.137. The molecule has 0 aromatic heterocycles. The third kappa shape index (κ3) is 31.9. The number of carboxylic acids is 1. The molecule has 15 heavy (non-hydrogen) atoms. The van der Waals surface area contributed by atoms with Crippen molar-refractivity contribution in [1.29, 1.82) is 0 Å². The zero-order valence-electron chi connectivity index (χ0n) is 8.71. The lowest BCUT2D eigenvalue weighted by Crippen LogP contribution is -2.39. The molecule has 0 aliphatic heterocycles. The van der Waals surface area contributed by atoms with Gasteiger partial charge in [0.05, 0.1) is 6.42 Å². The van der Waals surface area contributed by atoms with E-state index >= 15 is 0 Å². The molecule has 0 aliphatic rings. The fourth-order valence-electron chi connectivity index (χ4n) is 0.748. The van der Waals surface area contributed by atoms with Crippen molar-refractivity contribution in [2.24, 2.45) is 0 Å². The number of aliphatic carboxylic acids is 1. The van der Waals surface area contributed by atoms with Gasteiger partial charge in [-0.2, -0.15) is 8.42 Å². The summed E-state index contributed by atoms with van der Waals surface area (Å²) < 4.78 is 31.6. The molecule has 4 N–H and O–H groups in total. The van der Waals surface area contributed by atoms with Crippen LogP contribution >= 0.6 is 0 Å². The molecule has 0 radical (unpaired) electrons. The number of hydrogen-bond donors (Lipinski definition) is 4. The van der Waals surface area contributed by atoms with Crippen molar-refractivity contribution in [3.8, 4) is 0 Å². The highest BCUT2D eigenvalue weighted by molar-refractivity contribution is 7.79. The minimum atomic E-state index is -4.67. The number of nitrogens with zero attached hydrogens (tertiary/aromatic N) is 1. The van der Waals surface area contributed by atoms with Gasteiger partial charge in [-0.15, -0.1) is 0 Å². The molecule has 0 saturated heterocycles. The standard InChI is InChI=1S/C6H14N2O2.H2O4S/c1-5(4-6(9)10)7-8(2)3;1-5(2,3)4/h5,7H,4H2,1-3H3,(H,9,10);(H2,1,2,3,4). The molecule has 0 aromatic carbocycles. The number of carboxylic acid groups (broad SMARTS) is 1. The maximum atomic E-state index is 10.1. The first-order valence-corrected chi connectivity index (χ1v) is 5.27. The highest BCUT2D eigenvalue weighted by Crippen LogP contribution is 1.89. The second kappa shape index (κ2) is 7.54. The lowest BCUT2D eigenvalue weighted by Gasteiger charge is -2.17. The monoisotopic (exact) mass is 244 g/mol. The summed E-state index contributed by atoms with van der Waals surface area (Å²) in [5.74, 6) is -0.776. The van der Waals surface area contributed by atoms with Gasteiger partial charge in [-0.25, -0.2) is 0 Å². The zero-order valence-corrected chi connectivity index (χ0v) is 9.52. The third-order valence-electron chi connectivity index (χ3n) is 0.959. The van der Waals surface area contributed by atoms with E-state index in [1.165, 1.54) is 0 Å². The molecule has 0 bridgehead atoms. The minimum Gasteiger partial charge on any atom is -0.481 e. The second-order valence-electron chi connectivity index (χ2n) is 2.97. The summed E-state index contributed by atoms with van der Waals surface area (Å²) in [4.78, 5) is 10.1. The predicted octanol–water partition coefficient (Wildman–Crippen LogP) is -0.737. The van der Waals surface area contributed by atoms with Gasteiger partial charge in [0, 0.05) is 20.1 Å². The molecule has 0 aromatic rings. The Kier molecular flexibility index (Phi) is 8.38. The van der Waals surface area contributed by atoms with Crippen molar-refractivity contribution >= 4 is 16.4 Å². The molecular weight excluding hydrogens is 228 g/mol. The average molecular weight is 244 g/mol. The van der Waals surface area contributed by atoms with Gasteiger partial charge in [0.25, 0.3) is 0 Å². The molecule has 0 amide bonds. The molecule has 0 fully saturated rings. The van der Waals surface area contributed by atoms with Crippen molar-refractivity contribution in [2.75, 3.05) is 14.1 Å². The van der Waals surface area contributed by atoms with Crippen molar-refractivity contribution in [3.05, 3.63) is 0 Å². The summed E-state index contributed by atoms with van der Waals surface area (Å²) in [7, 11) is -1.00. The summed E-state index contributed by atoms with van der Waals surface area (Å²) in [6.07, 6.45) is 0.151. The topological polar surface area (TPSA) is 127 Å². The quantitative estimate of drug-likeness (QED) is 0.376.